The number of hydrogen-bond donors (Lipinski definition) is 1. The first-order valence-electron chi connectivity index (χ1n) is 9.46. The molecule has 1 aliphatic rings. The molecule has 0 bridgehead atoms. The van der Waals surface area contributed by atoms with Crippen LogP contribution in [0.2, 0.25) is 0 Å². The monoisotopic (exact) mass is 365 g/mol. The number of carbonyl (C=O) groups is 2. The van der Waals surface area contributed by atoms with E-state index in [1.54, 1.807) is 0 Å². The van der Waals surface area contributed by atoms with Gasteiger partial charge in [-0.1, -0.05) is 32.0 Å². The number of aryl methyl sites for hydroxylation is 1. The van der Waals surface area contributed by atoms with Crippen LogP contribution in [-0.2, 0) is 4.79 Å². The minimum Gasteiger partial charge on any atom is -0.368 e. The molecule has 5 nitrogen and oxygen atoms in total. The fourth-order valence-corrected chi connectivity index (χ4v) is 3.19. The number of nitrogens with one attached hydrogen (secondary N) is 1. The summed E-state index contributed by atoms with van der Waals surface area (Å²) in [5.41, 5.74) is 3.73. The Kier molecular flexibility index (Phi) is 5.79. The summed E-state index contributed by atoms with van der Waals surface area (Å²) in [6.07, 6.45) is 0. The zero-order valence-corrected chi connectivity index (χ0v) is 16.2. The summed E-state index contributed by atoms with van der Waals surface area (Å²) in [7, 11) is 0. The third kappa shape index (κ3) is 4.48. The molecular formula is C22H27N3O2. The summed E-state index contributed by atoms with van der Waals surface area (Å²) >= 11 is 0. The van der Waals surface area contributed by atoms with E-state index in [-0.39, 0.29) is 17.7 Å². The van der Waals surface area contributed by atoms with Gasteiger partial charge in [-0.2, -0.15) is 0 Å². The molecule has 0 aliphatic carbocycles. The largest absolute Gasteiger partial charge is 0.368 e. The lowest BCUT2D eigenvalue weighted by molar-refractivity contribution is -0.118. The molecule has 0 unspecified atom stereocenters. The number of hydrogen-bond acceptors (Lipinski definition) is 3. The van der Waals surface area contributed by atoms with Gasteiger partial charge in [-0.15, -0.1) is 0 Å². The number of benzene rings is 2. The fourth-order valence-electron chi connectivity index (χ4n) is 3.19. The number of amides is 2. The van der Waals surface area contributed by atoms with Crippen molar-refractivity contribution in [2.24, 2.45) is 5.92 Å². The Bertz CT molecular complexity index is 807. The molecule has 1 N–H and O–H groups in total. The lowest BCUT2D eigenvalue weighted by Gasteiger charge is -2.36. The van der Waals surface area contributed by atoms with Crippen LogP contribution in [-0.4, -0.2) is 42.9 Å². The van der Waals surface area contributed by atoms with Crippen LogP contribution in [0.15, 0.2) is 48.5 Å². The molecule has 2 aromatic rings. The highest BCUT2D eigenvalue weighted by atomic mass is 16.2. The Hall–Kier alpha value is -2.82. The smallest absolute Gasteiger partial charge is 0.254 e. The lowest BCUT2D eigenvalue weighted by atomic mass is 10.1. The summed E-state index contributed by atoms with van der Waals surface area (Å²) in [4.78, 5) is 28.7. The van der Waals surface area contributed by atoms with Crippen LogP contribution in [0.4, 0.5) is 11.4 Å². The van der Waals surface area contributed by atoms with E-state index in [1.165, 1.54) is 0 Å². The first-order valence-corrected chi connectivity index (χ1v) is 9.46. The van der Waals surface area contributed by atoms with Crippen LogP contribution in [0.3, 0.4) is 0 Å². The highest BCUT2D eigenvalue weighted by molar-refractivity contribution is 5.95. The van der Waals surface area contributed by atoms with Gasteiger partial charge in [0.2, 0.25) is 5.91 Å². The van der Waals surface area contributed by atoms with E-state index in [0.29, 0.717) is 13.1 Å². The summed E-state index contributed by atoms with van der Waals surface area (Å²) in [6, 6.07) is 15.6. The van der Waals surface area contributed by atoms with E-state index in [1.807, 2.05) is 74.2 Å². The van der Waals surface area contributed by atoms with Gasteiger partial charge in [0.15, 0.2) is 0 Å². The van der Waals surface area contributed by atoms with Crippen molar-refractivity contribution in [3.8, 4) is 0 Å². The zero-order valence-electron chi connectivity index (χ0n) is 16.2. The van der Waals surface area contributed by atoms with Crippen LogP contribution < -0.4 is 10.2 Å². The van der Waals surface area contributed by atoms with Gasteiger partial charge in [0, 0.05) is 49.0 Å². The van der Waals surface area contributed by atoms with Crippen molar-refractivity contribution >= 4 is 23.2 Å². The highest BCUT2D eigenvalue weighted by Gasteiger charge is 2.23. The number of rotatable bonds is 4. The van der Waals surface area contributed by atoms with E-state index >= 15 is 0 Å². The molecule has 1 fully saturated rings. The Morgan fingerprint density at radius 1 is 0.926 bits per heavy atom. The summed E-state index contributed by atoms with van der Waals surface area (Å²) in [5.74, 6) is 0.0918. The second-order valence-corrected chi connectivity index (χ2v) is 7.28. The standard InChI is InChI=1S/C22H27N3O2/c1-16(2)21(26)23-18-8-10-19(11-9-18)24-12-14-25(15-13-24)22(27)20-7-5-4-6-17(20)3/h4-11,16H,12-15H2,1-3H3,(H,23,26). The molecule has 0 radical (unpaired) electrons. The quantitative estimate of drug-likeness (QED) is 0.901. The molecule has 1 heterocycles. The van der Waals surface area contributed by atoms with E-state index in [2.05, 4.69) is 10.2 Å². The first-order chi connectivity index (χ1) is 13.0. The molecule has 1 saturated heterocycles. The molecule has 2 amide bonds. The predicted octanol–water partition coefficient (Wildman–Crippen LogP) is 3.55. The average molecular weight is 365 g/mol. The SMILES string of the molecule is Cc1ccccc1C(=O)N1CCN(c2ccc(NC(=O)C(C)C)cc2)CC1. The molecule has 3 rings (SSSR count). The van der Waals surface area contributed by atoms with Crippen LogP contribution in [0, 0.1) is 12.8 Å². The maximum absolute atomic E-state index is 12.7. The third-order valence-electron chi connectivity index (χ3n) is 4.97. The topological polar surface area (TPSA) is 52.7 Å². The first kappa shape index (κ1) is 19.0. The minimum atomic E-state index is -0.0384. The Morgan fingerprint density at radius 3 is 2.15 bits per heavy atom. The molecule has 1 aliphatic heterocycles. The normalized spacial score (nSPS) is 14.4. The van der Waals surface area contributed by atoms with Crippen LogP contribution >= 0.6 is 0 Å². The average Bonchev–Trinajstić information content (AvgIpc) is 2.68. The van der Waals surface area contributed by atoms with Gasteiger partial charge >= 0.3 is 0 Å². The minimum absolute atomic E-state index is 0.0195. The Balaban J connectivity index is 1.58. The Morgan fingerprint density at radius 2 is 1.56 bits per heavy atom. The van der Waals surface area contributed by atoms with E-state index in [9.17, 15) is 9.59 Å². The molecule has 27 heavy (non-hydrogen) atoms. The van der Waals surface area contributed by atoms with Gasteiger partial charge in [0.1, 0.15) is 0 Å². The van der Waals surface area contributed by atoms with Crippen LogP contribution in [0.25, 0.3) is 0 Å². The third-order valence-corrected chi connectivity index (χ3v) is 4.97. The number of anilines is 2. The molecule has 0 saturated carbocycles. The molecule has 142 valence electrons. The van der Waals surface area contributed by atoms with Crippen molar-refractivity contribution in [2.45, 2.75) is 20.8 Å². The number of nitrogens with zero attached hydrogens (tertiary/aromatic N) is 2. The van der Waals surface area contributed by atoms with Crippen molar-refractivity contribution in [2.75, 3.05) is 36.4 Å². The van der Waals surface area contributed by atoms with Crippen molar-refractivity contribution in [3.63, 3.8) is 0 Å². The number of piperazine rings is 1. The van der Waals surface area contributed by atoms with E-state index in [4.69, 9.17) is 0 Å². The van der Waals surface area contributed by atoms with Gasteiger partial charge in [0.05, 0.1) is 0 Å². The Labute approximate surface area is 161 Å². The molecule has 0 spiro atoms. The van der Waals surface area contributed by atoms with Gasteiger partial charge in [-0.05, 0) is 42.8 Å². The second-order valence-electron chi connectivity index (χ2n) is 7.28. The van der Waals surface area contributed by atoms with Crippen molar-refractivity contribution in [1.82, 2.24) is 4.90 Å². The second kappa shape index (κ2) is 8.25. The fraction of sp³-hybridized carbons (Fsp3) is 0.364. The summed E-state index contributed by atoms with van der Waals surface area (Å²) < 4.78 is 0. The van der Waals surface area contributed by atoms with Gasteiger partial charge in [-0.25, -0.2) is 0 Å². The van der Waals surface area contributed by atoms with Gasteiger partial charge in [-0.3, -0.25) is 9.59 Å². The summed E-state index contributed by atoms with van der Waals surface area (Å²) in [5, 5.41) is 2.91. The molecule has 0 atom stereocenters. The van der Waals surface area contributed by atoms with Gasteiger partial charge in [0.25, 0.3) is 5.91 Å². The maximum Gasteiger partial charge on any atom is 0.254 e. The van der Waals surface area contributed by atoms with Crippen molar-refractivity contribution in [1.29, 1.82) is 0 Å². The lowest BCUT2D eigenvalue weighted by Crippen LogP contribution is -2.48. The van der Waals surface area contributed by atoms with E-state index < -0.39 is 0 Å². The number of carbonyl (C=O) groups excluding carboxylic acids is 2. The van der Waals surface area contributed by atoms with Gasteiger partial charge < -0.3 is 15.1 Å². The zero-order chi connectivity index (χ0) is 19.4. The van der Waals surface area contributed by atoms with Crippen LogP contribution in [0.5, 0.6) is 0 Å². The molecule has 2 aromatic carbocycles. The van der Waals surface area contributed by atoms with E-state index in [0.717, 1.165) is 35.6 Å². The van der Waals surface area contributed by atoms with Crippen molar-refractivity contribution in [3.05, 3.63) is 59.7 Å². The maximum atomic E-state index is 12.7. The summed E-state index contributed by atoms with van der Waals surface area (Å²) in [6.45, 7) is 8.74. The highest BCUT2D eigenvalue weighted by Crippen LogP contribution is 2.21. The van der Waals surface area contributed by atoms with Crippen LogP contribution in [0.1, 0.15) is 29.8 Å². The molecule has 5 heteroatoms. The van der Waals surface area contributed by atoms with Crippen molar-refractivity contribution < 1.29 is 9.59 Å². The predicted molar refractivity (Wildman–Crippen MR) is 109 cm³/mol. The molecular weight excluding hydrogens is 338 g/mol. The molecule has 0 aromatic heterocycles.